The largest absolute Gasteiger partial charge is 0.497 e. The van der Waals surface area contributed by atoms with E-state index < -0.39 is 0 Å². The van der Waals surface area contributed by atoms with Gasteiger partial charge in [0.05, 0.1) is 12.8 Å². The van der Waals surface area contributed by atoms with E-state index in [-0.39, 0.29) is 5.96 Å². The molecule has 0 fully saturated rings. The number of ether oxygens (including phenoxy) is 1. The highest BCUT2D eigenvalue weighted by atomic mass is 16.5. The Morgan fingerprint density at radius 1 is 1.26 bits per heavy atom. The molecule has 6 heteroatoms. The number of benzene rings is 1. The average molecular weight is 259 g/mol. The molecule has 0 aliphatic carbocycles. The van der Waals surface area contributed by atoms with Crippen LogP contribution < -0.4 is 16.2 Å². The summed E-state index contributed by atoms with van der Waals surface area (Å²) in [6.07, 6.45) is 4.05. The van der Waals surface area contributed by atoms with Crippen LogP contribution in [0.1, 0.15) is 0 Å². The number of rotatable bonds is 2. The maximum Gasteiger partial charge on any atom is 0.223 e. The lowest BCUT2D eigenvalue weighted by atomic mass is 10.3. The van der Waals surface area contributed by atoms with E-state index >= 15 is 0 Å². The van der Waals surface area contributed by atoms with Gasteiger partial charge in [0.1, 0.15) is 5.75 Å². The Bertz CT molecular complexity index is 528. The standard InChI is InChI=1S/C13H17N5O/c1-19-11-6-4-5-10(9-11)16-12(14)17-13(15)18-7-2-3-8-18/h2-6,9H,7-8H2,1H3,(H4,14,15,16,17). The highest BCUT2D eigenvalue weighted by Gasteiger charge is 2.08. The van der Waals surface area contributed by atoms with Crippen LogP contribution in [0.25, 0.3) is 0 Å². The molecule has 1 aliphatic heterocycles. The SMILES string of the molecule is COc1cccc(N=C(N)/N=C(/N)N2CC=CC2)c1. The van der Waals surface area contributed by atoms with Crippen molar-refractivity contribution in [3.05, 3.63) is 36.4 Å². The molecule has 2 rings (SSSR count). The lowest BCUT2D eigenvalue weighted by molar-refractivity contribution is 0.415. The first kappa shape index (κ1) is 12.9. The van der Waals surface area contributed by atoms with Crippen molar-refractivity contribution in [1.82, 2.24) is 4.90 Å². The third-order valence-electron chi connectivity index (χ3n) is 2.67. The number of hydrogen-bond acceptors (Lipinski definition) is 2. The van der Waals surface area contributed by atoms with E-state index in [0.29, 0.717) is 11.6 Å². The van der Waals surface area contributed by atoms with E-state index in [4.69, 9.17) is 16.2 Å². The Morgan fingerprint density at radius 3 is 2.68 bits per heavy atom. The van der Waals surface area contributed by atoms with E-state index in [1.165, 1.54) is 0 Å². The number of nitrogens with zero attached hydrogens (tertiary/aromatic N) is 3. The number of aliphatic imine (C=N–C) groups is 2. The molecule has 0 spiro atoms. The zero-order valence-corrected chi connectivity index (χ0v) is 10.8. The molecule has 1 heterocycles. The van der Waals surface area contributed by atoms with Gasteiger partial charge in [-0.05, 0) is 12.1 Å². The first-order chi connectivity index (χ1) is 9.19. The summed E-state index contributed by atoms with van der Waals surface area (Å²) >= 11 is 0. The molecule has 0 bridgehead atoms. The van der Waals surface area contributed by atoms with E-state index in [0.717, 1.165) is 18.8 Å². The van der Waals surface area contributed by atoms with Gasteiger partial charge < -0.3 is 21.1 Å². The molecule has 1 aromatic rings. The van der Waals surface area contributed by atoms with E-state index in [1.54, 1.807) is 13.2 Å². The molecule has 6 nitrogen and oxygen atoms in total. The lowest BCUT2D eigenvalue weighted by Crippen LogP contribution is -2.36. The summed E-state index contributed by atoms with van der Waals surface area (Å²) in [5.41, 5.74) is 12.3. The van der Waals surface area contributed by atoms with Crippen LogP contribution in [0.4, 0.5) is 5.69 Å². The first-order valence-electron chi connectivity index (χ1n) is 5.91. The fourth-order valence-corrected chi connectivity index (χ4v) is 1.69. The highest BCUT2D eigenvalue weighted by Crippen LogP contribution is 2.19. The van der Waals surface area contributed by atoms with Crippen molar-refractivity contribution in [2.24, 2.45) is 21.5 Å². The van der Waals surface area contributed by atoms with Gasteiger partial charge in [-0.25, -0.2) is 4.99 Å². The zero-order chi connectivity index (χ0) is 13.7. The topological polar surface area (TPSA) is 89.2 Å². The summed E-state index contributed by atoms with van der Waals surface area (Å²) in [6.45, 7) is 1.50. The van der Waals surface area contributed by atoms with Crippen LogP contribution >= 0.6 is 0 Å². The van der Waals surface area contributed by atoms with Gasteiger partial charge in [0.25, 0.3) is 0 Å². The molecule has 0 amide bonds. The number of guanidine groups is 2. The lowest BCUT2D eigenvalue weighted by Gasteiger charge is -2.15. The maximum atomic E-state index is 5.84. The molecule has 0 radical (unpaired) electrons. The summed E-state index contributed by atoms with van der Waals surface area (Å²) in [4.78, 5) is 10.2. The monoisotopic (exact) mass is 259 g/mol. The fourth-order valence-electron chi connectivity index (χ4n) is 1.69. The number of methoxy groups -OCH3 is 1. The average Bonchev–Trinajstić information content (AvgIpc) is 2.92. The Balaban J connectivity index is 2.11. The van der Waals surface area contributed by atoms with Crippen LogP contribution in [0.2, 0.25) is 0 Å². The Kier molecular flexibility index (Phi) is 4.02. The molecule has 4 N–H and O–H groups in total. The Hall–Kier alpha value is -2.50. The third kappa shape index (κ3) is 3.48. The van der Waals surface area contributed by atoms with Gasteiger partial charge >= 0.3 is 0 Å². The van der Waals surface area contributed by atoms with Gasteiger partial charge in [-0.2, -0.15) is 4.99 Å². The third-order valence-corrected chi connectivity index (χ3v) is 2.67. The smallest absolute Gasteiger partial charge is 0.223 e. The molecule has 0 saturated carbocycles. The van der Waals surface area contributed by atoms with E-state index in [2.05, 4.69) is 9.98 Å². The van der Waals surface area contributed by atoms with Gasteiger partial charge in [0.15, 0.2) is 5.96 Å². The van der Waals surface area contributed by atoms with Crippen molar-refractivity contribution in [3.8, 4) is 5.75 Å². The first-order valence-corrected chi connectivity index (χ1v) is 5.91. The summed E-state index contributed by atoms with van der Waals surface area (Å²) in [5.74, 6) is 1.21. The molecular formula is C13H17N5O. The second-order valence-corrected chi connectivity index (χ2v) is 4.02. The second kappa shape index (κ2) is 5.90. The van der Waals surface area contributed by atoms with Crippen molar-refractivity contribution in [1.29, 1.82) is 0 Å². The number of nitrogens with two attached hydrogens (primary N) is 2. The summed E-state index contributed by atoms with van der Waals surface area (Å²) < 4.78 is 5.11. The van der Waals surface area contributed by atoms with Crippen LogP contribution in [0.5, 0.6) is 5.75 Å². The zero-order valence-electron chi connectivity index (χ0n) is 10.8. The van der Waals surface area contributed by atoms with Crippen molar-refractivity contribution in [3.63, 3.8) is 0 Å². The van der Waals surface area contributed by atoms with Gasteiger partial charge in [-0.15, -0.1) is 0 Å². The van der Waals surface area contributed by atoms with Crippen molar-refractivity contribution < 1.29 is 4.74 Å². The minimum atomic E-state index is 0.123. The summed E-state index contributed by atoms with van der Waals surface area (Å²) in [5, 5.41) is 0. The summed E-state index contributed by atoms with van der Waals surface area (Å²) in [6, 6.07) is 7.26. The molecule has 100 valence electrons. The molecule has 1 aromatic carbocycles. The molecular weight excluding hydrogens is 242 g/mol. The van der Waals surface area contributed by atoms with Crippen LogP contribution in [-0.4, -0.2) is 37.0 Å². The Labute approximate surface area is 112 Å². The quantitative estimate of drug-likeness (QED) is 0.467. The second-order valence-electron chi connectivity index (χ2n) is 4.02. The van der Waals surface area contributed by atoms with Crippen LogP contribution in [0, 0.1) is 0 Å². The van der Waals surface area contributed by atoms with E-state index in [1.807, 2.05) is 35.3 Å². The van der Waals surface area contributed by atoms with Gasteiger partial charge in [-0.3, -0.25) is 0 Å². The van der Waals surface area contributed by atoms with Crippen molar-refractivity contribution in [2.45, 2.75) is 0 Å². The Morgan fingerprint density at radius 2 is 2.00 bits per heavy atom. The molecule has 0 saturated heterocycles. The van der Waals surface area contributed by atoms with E-state index in [9.17, 15) is 0 Å². The fraction of sp³-hybridized carbons (Fsp3) is 0.231. The minimum absolute atomic E-state index is 0.123. The predicted molar refractivity (Wildman–Crippen MR) is 76.6 cm³/mol. The highest BCUT2D eigenvalue weighted by molar-refractivity contribution is 5.94. The van der Waals surface area contributed by atoms with Crippen molar-refractivity contribution >= 4 is 17.6 Å². The minimum Gasteiger partial charge on any atom is -0.497 e. The van der Waals surface area contributed by atoms with Crippen LogP contribution in [0.15, 0.2) is 46.4 Å². The molecule has 19 heavy (non-hydrogen) atoms. The van der Waals surface area contributed by atoms with Gasteiger partial charge in [-0.1, -0.05) is 18.2 Å². The molecule has 0 aromatic heterocycles. The molecule has 0 unspecified atom stereocenters. The molecule has 0 atom stereocenters. The van der Waals surface area contributed by atoms with Gasteiger partial charge in [0.2, 0.25) is 5.96 Å². The predicted octanol–water partition coefficient (Wildman–Crippen LogP) is 0.828. The van der Waals surface area contributed by atoms with Crippen molar-refractivity contribution in [2.75, 3.05) is 20.2 Å². The van der Waals surface area contributed by atoms with Gasteiger partial charge in [0, 0.05) is 19.2 Å². The summed E-state index contributed by atoms with van der Waals surface area (Å²) in [7, 11) is 1.60. The normalized spacial score (nSPS) is 15.9. The number of hydrogen-bond donors (Lipinski definition) is 2. The van der Waals surface area contributed by atoms with Crippen LogP contribution in [-0.2, 0) is 0 Å². The molecule has 1 aliphatic rings. The van der Waals surface area contributed by atoms with Crippen LogP contribution in [0.3, 0.4) is 0 Å². The maximum absolute atomic E-state index is 5.84.